The van der Waals surface area contributed by atoms with Crippen LogP contribution in [0, 0.1) is 15.9 Å². The van der Waals surface area contributed by atoms with Crippen LogP contribution in [0.25, 0.3) is 0 Å². The molecule has 0 unspecified atom stereocenters. The van der Waals surface area contributed by atoms with Crippen molar-refractivity contribution in [2.75, 3.05) is 31.5 Å². The molecule has 1 N–H and O–H groups in total. The molecule has 3 aromatic carbocycles. The normalized spacial score (nSPS) is 15.0. The van der Waals surface area contributed by atoms with Crippen LogP contribution in [-0.4, -0.2) is 54.6 Å². The minimum Gasteiger partial charge on any atom is -0.319 e. The summed E-state index contributed by atoms with van der Waals surface area (Å²) in [5.41, 5.74) is 0.388. The van der Waals surface area contributed by atoms with Gasteiger partial charge in [0.2, 0.25) is 10.0 Å². The van der Waals surface area contributed by atoms with Gasteiger partial charge in [0.05, 0.1) is 15.5 Å². The summed E-state index contributed by atoms with van der Waals surface area (Å²) < 4.78 is 41.8. The molecule has 1 saturated heterocycles. The van der Waals surface area contributed by atoms with Crippen molar-refractivity contribution >= 4 is 27.3 Å². The second kappa shape index (κ2) is 10.3. The Morgan fingerprint density at radius 3 is 2.37 bits per heavy atom. The minimum atomic E-state index is -3.85. The largest absolute Gasteiger partial charge is 0.319 e. The van der Waals surface area contributed by atoms with Gasteiger partial charge in [0.15, 0.2) is 0 Å². The van der Waals surface area contributed by atoms with Gasteiger partial charge in [0.25, 0.3) is 11.6 Å². The molecule has 4 rings (SSSR count). The van der Waals surface area contributed by atoms with E-state index in [2.05, 4.69) is 10.2 Å². The number of piperazine rings is 1. The van der Waals surface area contributed by atoms with Crippen molar-refractivity contribution in [1.82, 2.24) is 9.21 Å². The first kappa shape index (κ1) is 24.5. The zero-order valence-corrected chi connectivity index (χ0v) is 19.4. The van der Waals surface area contributed by atoms with Crippen LogP contribution in [0.3, 0.4) is 0 Å². The number of nitrogens with one attached hydrogen (secondary N) is 1. The van der Waals surface area contributed by atoms with Crippen molar-refractivity contribution in [3.05, 3.63) is 99.9 Å². The predicted octanol–water partition coefficient (Wildman–Crippen LogP) is 3.49. The summed E-state index contributed by atoms with van der Waals surface area (Å²) in [5, 5.41) is 13.2. The van der Waals surface area contributed by atoms with Gasteiger partial charge in [0.1, 0.15) is 5.82 Å². The van der Waals surface area contributed by atoms with Crippen molar-refractivity contribution in [3.8, 4) is 0 Å². The maximum absolute atomic E-state index is 14.0. The molecule has 9 nitrogen and oxygen atoms in total. The Morgan fingerprint density at radius 2 is 1.69 bits per heavy atom. The average Bonchev–Trinajstić information content (AvgIpc) is 2.86. The Balaban J connectivity index is 1.45. The van der Waals surface area contributed by atoms with Crippen molar-refractivity contribution in [3.63, 3.8) is 0 Å². The maximum Gasteiger partial charge on any atom is 0.271 e. The van der Waals surface area contributed by atoms with Gasteiger partial charge in [-0.15, -0.1) is 0 Å². The fourth-order valence-electron chi connectivity index (χ4n) is 3.83. The number of hydrogen-bond donors (Lipinski definition) is 1. The fraction of sp³-hybridized carbons (Fsp3) is 0.208. The number of amides is 1. The van der Waals surface area contributed by atoms with E-state index in [9.17, 15) is 27.7 Å². The molecule has 1 aliphatic heterocycles. The second-order valence-corrected chi connectivity index (χ2v) is 10.0. The first-order valence-electron chi connectivity index (χ1n) is 10.9. The van der Waals surface area contributed by atoms with Gasteiger partial charge in [-0.1, -0.05) is 36.4 Å². The van der Waals surface area contributed by atoms with Crippen molar-refractivity contribution < 1.29 is 22.5 Å². The number of nitro benzene ring substituents is 1. The van der Waals surface area contributed by atoms with E-state index in [1.165, 1.54) is 28.6 Å². The summed E-state index contributed by atoms with van der Waals surface area (Å²) in [4.78, 5) is 25.0. The number of nitro groups is 1. The van der Waals surface area contributed by atoms with Crippen LogP contribution < -0.4 is 5.32 Å². The number of non-ortho nitro benzene ring substituents is 1. The number of carbonyl (C=O) groups is 1. The summed E-state index contributed by atoms with van der Waals surface area (Å²) >= 11 is 0. The van der Waals surface area contributed by atoms with Crippen LogP contribution in [0.4, 0.5) is 15.8 Å². The molecule has 0 bridgehead atoms. The maximum atomic E-state index is 14.0. The van der Waals surface area contributed by atoms with E-state index in [1.54, 1.807) is 0 Å². The molecule has 0 radical (unpaired) electrons. The van der Waals surface area contributed by atoms with E-state index < -0.39 is 26.7 Å². The quantitative estimate of drug-likeness (QED) is 0.394. The number of rotatable bonds is 7. The minimum absolute atomic E-state index is 0.0142. The standard InChI is InChI=1S/C24H23FN4O5S/c25-22-10-9-20(29(31)32)16-23(22)26-24(30)19-7-4-8-21(15-19)35(33,34)28-13-11-27(12-14-28)17-18-5-2-1-3-6-18/h1-10,15-16H,11-14,17H2,(H,26,30). The lowest BCUT2D eigenvalue weighted by Gasteiger charge is -2.34. The molecule has 1 amide bonds. The van der Waals surface area contributed by atoms with Crippen molar-refractivity contribution in [1.29, 1.82) is 0 Å². The zero-order valence-electron chi connectivity index (χ0n) is 18.6. The molecule has 0 aliphatic carbocycles. The zero-order chi connectivity index (χ0) is 25.0. The Kier molecular flexibility index (Phi) is 7.20. The number of carbonyl (C=O) groups excluding carboxylic acids is 1. The summed E-state index contributed by atoms with van der Waals surface area (Å²) in [5.74, 6) is -1.63. The summed E-state index contributed by atoms with van der Waals surface area (Å²) in [6, 6.07) is 18.1. The molecule has 0 saturated carbocycles. The van der Waals surface area contributed by atoms with Gasteiger partial charge in [0, 0.05) is 50.4 Å². The molecule has 182 valence electrons. The van der Waals surface area contributed by atoms with Crippen LogP contribution in [0.1, 0.15) is 15.9 Å². The van der Waals surface area contributed by atoms with Crippen molar-refractivity contribution in [2.45, 2.75) is 11.4 Å². The Hall–Kier alpha value is -3.67. The molecule has 1 aliphatic rings. The van der Waals surface area contributed by atoms with Crippen molar-refractivity contribution in [2.24, 2.45) is 0 Å². The molecule has 35 heavy (non-hydrogen) atoms. The molecule has 0 aromatic heterocycles. The highest BCUT2D eigenvalue weighted by Crippen LogP contribution is 2.23. The first-order chi connectivity index (χ1) is 16.7. The fourth-order valence-corrected chi connectivity index (χ4v) is 5.30. The number of benzene rings is 3. The summed E-state index contributed by atoms with van der Waals surface area (Å²) in [6.07, 6.45) is 0. The van der Waals surface area contributed by atoms with E-state index in [4.69, 9.17) is 0 Å². The van der Waals surface area contributed by atoms with E-state index in [0.29, 0.717) is 26.2 Å². The number of anilines is 1. The Bertz CT molecular complexity index is 1340. The SMILES string of the molecule is O=C(Nc1cc([N+](=O)[O-])ccc1F)c1cccc(S(=O)(=O)N2CCN(Cc3ccccc3)CC2)c1. The van der Waals surface area contributed by atoms with Gasteiger partial charge in [-0.2, -0.15) is 4.31 Å². The van der Waals surface area contributed by atoms with E-state index >= 15 is 0 Å². The van der Waals surface area contributed by atoms with Crippen LogP contribution in [0.2, 0.25) is 0 Å². The lowest BCUT2D eigenvalue weighted by atomic mass is 10.2. The van der Waals surface area contributed by atoms with Gasteiger partial charge in [-0.05, 0) is 29.8 Å². The van der Waals surface area contributed by atoms with Gasteiger partial charge < -0.3 is 5.32 Å². The highest BCUT2D eigenvalue weighted by atomic mass is 32.2. The van der Waals surface area contributed by atoms with Crippen LogP contribution in [0.15, 0.2) is 77.7 Å². The third kappa shape index (κ3) is 5.70. The molecular formula is C24H23FN4O5S. The van der Waals surface area contributed by atoms with Crippen LogP contribution in [0.5, 0.6) is 0 Å². The third-order valence-electron chi connectivity index (χ3n) is 5.72. The Morgan fingerprint density at radius 1 is 0.971 bits per heavy atom. The number of hydrogen-bond acceptors (Lipinski definition) is 6. The molecule has 0 spiro atoms. The van der Waals surface area contributed by atoms with Gasteiger partial charge in [-0.3, -0.25) is 19.8 Å². The average molecular weight is 499 g/mol. The van der Waals surface area contributed by atoms with E-state index in [-0.39, 0.29) is 21.8 Å². The van der Waals surface area contributed by atoms with E-state index in [0.717, 1.165) is 30.3 Å². The molecule has 1 fully saturated rings. The first-order valence-corrected chi connectivity index (χ1v) is 12.3. The molecule has 3 aromatic rings. The summed E-state index contributed by atoms with van der Waals surface area (Å²) in [6.45, 7) is 2.49. The predicted molar refractivity (Wildman–Crippen MR) is 128 cm³/mol. The molecular weight excluding hydrogens is 475 g/mol. The number of sulfonamides is 1. The van der Waals surface area contributed by atoms with Crippen LogP contribution >= 0.6 is 0 Å². The highest BCUT2D eigenvalue weighted by molar-refractivity contribution is 7.89. The topological polar surface area (TPSA) is 113 Å². The molecule has 0 atom stereocenters. The third-order valence-corrected chi connectivity index (χ3v) is 7.62. The smallest absolute Gasteiger partial charge is 0.271 e. The summed E-state index contributed by atoms with van der Waals surface area (Å²) in [7, 11) is -3.85. The van der Waals surface area contributed by atoms with Crippen LogP contribution in [-0.2, 0) is 16.6 Å². The number of nitrogens with zero attached hydrogens (tertiary/aromatic N) is 3. The monoisotopic (exact) mass is 498 g/mol. The highest BCUT2D eigenvalue weighted by Gasteiger charge is 2.29. The molecule has 11 heteroatoms. The van der Waals surface area contributed by atoms with Gasteiger partial charge >= 0.3 is 0 Å². The Labute approximate surface area is 202 Å². The van der Waals surface area contributed by atoms with E-state index in [1.807, 2.05) is 30.3 Å². The second-order valence-electron chi connectivity index (χ2n) is 8.07. The molecule has 1 heterocycles. The lowest BCUT2D eigenvalue weighted by Crippen LogP contribution is -2.48. The lowest BCUT2D eigenvalue weighted by molar-refractivity contribution is -0.384. The number of halogens is 1. The van der Waals surface area contributed by atoms with Gasteiger partial charge in [-0.25, -0.2) is 12.8 Å².